The topological polar surface area (TPSA) is 0 Å². The molecule has 12 heavy (non-hydrogen) atoms. The van der Waals surface area contributed by atoms with Gasteiger partial charge in [0.25, 0.3) is 0 Å². The molecule has 0 aromatic rings. The summed E-state index contributed by atoms with van der Waals surface area (Å²) in [5, 5.41) is 0. The molecule has 0 nitrogen and oxygen atoms in total. The molecule has 0 N–H and O–H groups in total. The Balaban J connectivity index is 3.68. The molecule has 0 aromatic carbocycles. The first kappa shape index (κ1) is 12.6. The van der Waals surface area contributed by atoms with Crippen LogP contribution in [0, 0.1) is 11.3 Å². The zero-order valence-corrected chi connectivity index (χ0v) is 10.3. The van der Waals surface area contributed by atoms with Crippen LogP contribution in [-0.4, -0.2) is 17.4 Å². The van der Waals surface area contributed by atoms with Gasteiger partial charge in [-0.1, -0.05) is 27.7 Å². The van der Waals surface area contributed by atoms with Crippen molar-refractivity contribution in [3.05, 3.63) is 0 Å². The minimum atomic E-state index is 0.371. The minimum Gasteiger partial charge on any atom is -0.162 e. The molecule has 1 unspecified atom stereocenters. The lowest BCUT2D eigenvalue weighted by Crippen LogP contribution is -2.22. The maximum atomic E-state index is 5.92. The molecule has 0 saturated heterocycles. The highest BCUT2D eigenvalue weighted by molar-refractivity contribution is 7.99. The number of hydrogen-bond donors (Lipinski definition) is 0. The normalized spacial score (nSPS) is 14.8. The van der Waals surface area contributed by atoms with Crippen molar-refractivity contribution in [1.29, 1.82) is 0 Å². The lowest BCUT2D eigenvalue weighted by atomic mass is 9.80. The van der Waals surface area contributed by atoms with E-state index in [1.165, 1.54) is 17.9 Å². The molecule has 0 bridgehead atoms. The van der Waals surface area contributed by atoms with Crippen LogP contribution in [0.3, 0.4) is 0 Å². The first-order valence-corrected chi connectivity index (χ1v) is 6.35. The molecule has 0 radical (unpaired) electrons. The van der Waals surface area contributed by atoms with Crippen molar-refractivity contribution < 1.29 is 0 Å². The van der Waals surface area contributed by atoms with Gasteiger partial charge >= 0.3 is 0 Å². The van der Waals surface area contributed by atoms with Crippen LogP contribution in [0.2, 0.25) is 0 Å². The second-order valence-electron chi connectivity index (χ2n) is 4.20. The van der Waals surface area contributed by atoms with Crippen molar-refractivity contribution in [3.63, 3.8) is 0 Å². The third kappa shape index (κ3) is 5.31. The van der Waals surface area contributed by atoms with Gasteiger partial charge in [-0.15, -0.1) is 11.6 Å². The van der Waals surface area contributed by atoms with Crippen molar-refractivity contribution in [2.45, 2.75) is 34.1 Å². The van der Waals surface area contributed by atoms with Crippen LogP contribution >= 0.6 is 23.4 Å². The smallest absolute Gasteiger partial charge is 0.0257 e. The monoisotopic (exact) mass is 208 g/mol. The molecule has 2 heteroatoms. The van der Waals surface area contributed by atoms with E-state index >= 15 is 0 Å². The van der Waals surface area contributed by atoms with Gasteiger partial charge < -0.3 is 0 Å². The van der Waals surface area contributed by atoms with E-state index in [1.54, 1.807) is 0 Å². The summed E-state index contributed by atoms with van der Waals surface area (Å²) >= 11 is 7.93. The van der Waals surface area contributed by atoms with Crippen molar-refractivity contribution in [3.8, 4) is 0 Å². The fourth-order valence-electron chi connectivity index (χ4n) is 1.11. The van der Waals surface area contributed by atoms with E-state index in [4.69, 9.17) is 11.6 Å². The summed E-state index contributed by atoms with van der Waals surface area (Å²) in [5.74, 6) is 3.94. The summed E-state index contributed by atoms with van der Waals surface area (Å²) < 4.78 is 0. The van der Waals surface area contributed by atoms with E-state index < -0.39 is 0 Å². The maximum absolute atomic E-state index is 5.92. The Labute approximate surface area is 86.5 Å². The van der Waals surface area contributed by atoms with E-state index in [1.807, 2.05) is 11.8 Å². The molecular formula is C10H21ClS. The van der Waals surface area contributed by atoms with Crippen LogP contribution in [0.15, 0.2) is 0 Å². The SMILES string of the molecule is CCSCCC(CCl)C(C)(C)C. The summed E-state index contributed by atoms with van der Waals surface area (Å²) in [6, 6.07) is 0. The van der Waals surface area contributed by atoms with Gasteiger partial charge in [-0.25, -0.2) is 0 Å². The number of thioether (sulfide) groups is 1. The fraction of sp³-hybridized carbons (Fsp3) is 1.00. The van der Waals surface area contributed by atoms with Crippen LogP contribution < -0.4 is 0 Å². The highest BCUT2D eigenvalue weighted by Gasteiger charge is 2.22. The van der Waals surface area contributed by atoms with Crippen LogP contribution in [0.1, 0.15) is 34.1 Å². The molecule has 0 heterocycles. The number of alkyl halides is 1. The molecule has 0 aliphatic carbocycles. The van der Waals surface area contributed by atoms with Gasteiger partial charge in [0.2, 0.25) is 0 Å². The summed E-state index contributed by atoms with van der Waals surface area (Å²) in [6.07, 6.45) is 1.26. The molecule has 1 atom stereocenters. The van der Waals surface area contributed by atoms with Crippen LogP contribution in [0.5, 0.6) is 0 Å². The second-order valence-corrected chi connectivity index (χ2v) is 5.91. The Hall–Kier alpha value is 0.640. The molecule has 0 aliphatic heterocycles. The predicted molar refractivity (Wildman–Crippen MR) is 61.3 cm³/mol. The van der Waals surface area contributed by atoms with Gasteiger partial charge in [-0.3, -0.25) is 0 Å². The Morgan fingerprint density at radius 2 is 1.92 bits per heavy atom. The van der Waals surface area contributed by atoms with Gasteiger partial charge in [0.05, 0.1) is 0 Å². The second kappa shape index (κ2) is 6.15. The lowest BCUT2D eigenvalue weighted by molar-refractivity contribution is 0.260. The third-order valence-corrected chi connectivity index (χ3v) is 3.53. The molecule has 0 amide bonds. The summed E-state index contributed by atoms with van der Waals surface area (Å²) in [7, 11) is 0. The summed E-state index contributed by atoms with van der Waals surface area (Å²) in [4.78, 5) is 0. The van der Waals surface area contributed by atoms with Gasteiger partial charge in [0, 0.05) is 5.88 Å². The van der Waals surface area contributed by atoms with Crippen molar-refractivity contribution in [2.24, 2.45) is 11.3 Å². The first-order valence-electron chi connectivity index (χ1n) is 4.66. The largest absolute Gasteiger partial charge is 0.162 e. The van der Waals surface area contributed by atoms with Crippen LogP contribution in [-0.2, 0) is 0 Å². The predicted octanol–water partition coefficient (Wildman–Crippen LogP) is 4.03. The molecule has 0 saturated carbocycles. The number of halogens is 1. The summed E-state index contributed by atoms with van der Waals surface area (Å²) in [5.41, 5.74) is 0.371. The molecule has 0 aliphatic rings. The molecule has 0 spiro atoms. The first-order chi connectivity index (χ1) is 5.52. The van der Waals surface area contributed by atoms with E-state index in [-0.39, 0.29) is 0 Å². The van der Waals surface area contributed by atoms with Crippen molar-refractivity contribution in [2.75, 3.05) is 17.4 Å². The quantitative estimate of drug-likeness (QED) is 0.486. The highest BCUT2D eigenvalue weighted by Crippen LogP contribution is 2.30. The van der Waals surface area contributed by atoms with Gasteiger partial charge in [0.15, 0.2) is 0 Å². The molecule has 0 aromatic heterocycles. The highest BCUT2D eigenvalue weighted by atomic mass is 35.5. The van der Waals surface area contributed by atoms with Crippen LogP contribution in [0.4, 0.5) is 0 Å². The summed E-state index contributed by atoms with van der Waals surface area (Å²) in [6.45, 7) is 9.03. The average Bonchev–Trinajstić information content (AvgIpc) is 1.95. The zero-order valence-electron chi connectivity index (χ0n) is 8.69. The zero-order chi connectivity index (χ0) is 9.61. The molecule has 74 valence electrons. The van der Waals surface area contributed by atoms with E-state index in [2.05, 4.69) is 27.7 Å². The average molecular weight is 209 g/mol. The van der Waals surface area contributed by atoms with Crippen molar-refractivity contribution >= 4 is 23.4 Å². The number of hydrogen-bond acceptors (Lipinski definition) is 1. The lowest BCUT2D eigenvalue weighted by Gasteiger charge is -2.28. The molecule has 0 rings (SSSR count). The van der Waals surface area contributed by atoms with E-state index in [9.17, 15) is 0 Å². The Morgan fingerprint density at radius 3 is 2.25 bits per heavy atom. The van der Waals surface area contributed by atoms with Gasteiger partial charge in [-0.05, 0) is 29.3 Å². The van der Waals surface area contributed by atoms with E-state index in [0.717, 1.165) is 5.88 Å². The Kier molecular flexibility index (Phi) is 6.48. The fourth-order valence-corrected chi connectivity index (χ4v) is 2.47. The number of rotatable bonds is 5. The van der Waals surface area contributed by atoms with E-state index in [0.29, 0.717) is 11.3 Å². The molecule has 0 fully saturated rings. The Bertz CT molecular complexity index is 107. The van der Waals surface area contributed by atoms with Gasteiger partial charge in [-0.2, -0.15) is 11.8 Å². The van der Waals surface area contributed by atoms with Crippen LogP contribution in [0.25, 0.3) is 0 Å². The maximum Gasteiger partial charge on any atom is 0.0257 e. The standard InChI is InChI=1S/C10H21ClS/c1-5-12-7-6-9(8-11)10(2,3)4/h9H,5-8H2,1-4H3. The van der Waals surface area contributed by atoms with Crippen molar-refractivity contribution in [1.82, 2.24) is 0 Å². The third-order valence-electron chi connectivity index (χ3n) is 2.23. The Morgan fingerprint density at radius 1 is 1.33 bits per heavy atom. The minimum absolute atomic E-state index is 0.371. The van der Waals surface area contributed by atoms with Gasteiger partial charge in [0.1, 0.15) is 0 Å². The molecular weight excluding hydrogens is 188 g/mol.